The molecule has 0 aromatic rings. The summed E-state index contributed by atoms with van der Waals surface area (Å²) in [7, 11) is 0. The summed E-state index contributed by atoms with van der Waals surface area (Å²) in [6.45, 7) is 10.2. The van der Waals surface area contributed by atoms with Gasteiger partial charge in [0.15, 0.2) is 0 Å². The van der Waals surface area contributed by atoms with Crippen LogP contribution in [0, 0.1) is 5.92 Å². The summed E-state index contributed by atoms with van der Waals surface area (Å²) in [6, 6.07) is 0. The van der Waals surface area contributed by atoms with Gasteiger partial charge in [0.1, 0.15) is 12.7 Å². The third-order valence-corrected chi connectivity index (χ3v) is 3.61. The number of carbonyl (C=O) groups excluding carboxylic acids is 2. The van der Waals surface area contributed by atoms with Crippen LogP contribution in [0.2, 0.25) is 0 Å². The summed E-state index contributed by atoms with van der Waals surface area (Å²) in [5.41, 5.74) is 0.704. The molecule has 0 bridgehead atoms. The van der Waals surface area contributed by atoms with Crippen molar-refractivity contribution in [1.82, 2.24) is 0 Å². The standard InChI is InChI=1S/C16H24O4.C2H6O2/c1-11(2)15(17)19-10-14(20-16(18)12(3)4)13-8-6-5-7-9-13;3-1-2-4/h13-14H,1,3,5-10H2,2,4H3;3-4H,1-2H2. The third-order valence-electron chi connectivity index (χ3n) is 3.61. The minimum absolute atomic E-state index is 0.0926. The van der Waals surface area contributed by atoms with Crippen LogP contribution >= 0.6 is 0 Å². The van der Waals surface area contributed by atoms with Crippen LogP contribution in [0.1, 0.15) is 46.0 Å². The van der Waals surface area contributed by atoms with Crippen molar-refractivity contribution in [2.24, 2.45) is 5.92 Å². The van der Waals surface area contributed by atoms with Gasteiger partial charge in [-0.1, -0.05) is 32.4 Å². The first kappa shape index (κ1) is 22.3. The molecule has 1 rings (SSSR count). The molecule has 1 aliphatic rings. The fourth-order valence-electron chi connectivity index (χ4n) is 2.29. The molecule has 0 radical (unpaired) electrons. The predicted molar refractivity (Wildman–Crippen MR) is 91.2 cm³/mol. The number of ether oxygens (including phenoxy) is 2. The van der Waals surface area contributed by atoms with E-state index >= 15 is 0 Å². The van der Waals surface area contributed by atoms with Gasteiger partial charge in [-0.15, -0.1) is 0 Å². The summed E-state index contributed by atoms with van der Waals surface area (Å²) in [6.07, 6.45) is 5.07. The zero-order chi connectivity index (χ0) is 18.5. The second kappa shape index (κ2) is 12.7. The maximum Gasteiger partial charge on any atom is 0.333 e. The first-order valence-electron chi connectivity index (χ1n) is 8.24. The summed E-state index contributed by atoms with van der Waals surface area (Å²) < 4.78 is 10.6. The number of carbonyl (C=O) groups is 2. The fourth-order valence-corrected chi connectivity index (χ4v) is 2.29. The van der Waals surface area contributed by atoms with Crippen LogP contribution in [0.15, 0.2) is 24.3 Å². The van der Waals surface area contributed by atoms with Gasteiger partial charge in [-0.3, -0.25) is 0 Å². The highest BCUT2D eigenvalue weighted by molar-refractivity contribution is 5.87. The lowest BCUT2D eigenvalue weighted by molar-refractivity contribution is -0.158. The molecule has 1 aliphatic carbocycles. The molecule has 0 aromatic heterocycles. The van der Waals surface area contributed by atoms with E-state index in [4.69, 9.17) is 19.7 Å². The first-order chi connectivity index (χ1) is 11.3. The van der Waals surface area contributed by atoms with Crippen LogP contribution in [-0.2, 0) is 19.1 Å². The molecule has 0 aromatic carbocycles. The molecule has 1 fully saturated rings. The van der Waals surface area contributed by atoms with E-state index in [2.05, 4.69) is 13.2 Å². The fraction of sp³-hybridized carbons (Fsp3) is 0.667. The van der Waals surface area contributed by atoms with E-state index in [1.807, 2.05) is 0 Å². The van der Waals surface area contributed by atoms with Crippen LogP contribution in [0.4, 0.5) is 0 Å². The Morgan fingerprint density at radius 3 is 1.92 bits per heavy atom. The van der Waals surface area contributed by atoms with Gasteiger partial charge in [0, 0.05) is 11.1 Å². The molecule has 0 amide bonds. The molecule has 6 nitrogen and oxygen atoms in total. The lowest BCUT2D eigenvalue weighted by atomic mass is 9.85. The van der Waals surface area contributed by atoms with Crippen LogP contribution in [-0.4, -0.2) is 48.1 Å². The topological polar surface area (TPSA) is 93.1 Å². The maximum absolute atomic E-state index is 11.7. The van der Waals surface area contributed by atoms with E-state index in [1.54, 1.807) is 13.8 Å². The van der Waals surface area contributed by atoms with Gasteiger partial charge >= 0.3 is 11.9 Å². The number of hydrogen-bond acceptors (Lipinski definition) is 6. The second-order valence-corrected chi connectivity index (χ2v) is 5.95. The highest BCUT2D eigenvalue weighted by atomic mass is 16.6. The molecule has 0 heterocycles. The third kappa shape index (κ3) is 9.47. The number of esters is 2. The smallest absolute Gasteiger partial charge is 0.333 e. The average molecular weight is 342 g/mol. The predicted octanol–water partition coefficient (Wildman–Crippen LogP) is 2.14. The number of aliphatic hydroxyl groups excluding tert-OH is 2. The van der Waals surface area contributed by atoms with Gasteiger partial charge in [-0.05, 0) is 32.6 Å². The van der Waals surface area contributed by atoms with Crippen molar-refractivity contribution in [2.45, 2.75) is 52.1 Å². The van der Waals surface area contributed by atoms with E-state index in [-0.39, 0.29) is 31.8 Å². The van der Waals surface area contributed by atoms with Crippen molar-refractivity contribution in [1.29, 1.82) is 0 Å². The normalized spacial score (nSPS) is 15.5. The Balaban J connectivity index is 0.00000118. The van der Waals surface area contributed by atoms with Crippen molar-refractivity contribution in [2.75, 3.05) is 19.8 Å². The van der Waals surface area contributed by atoms with Gasteiger partial charge in [-0.25, -0.2) is 9.59 Å². The molecule has 0 saturated heterocycles. The lowest BCUT2D eigenvalue weighted by Crippen LogP contribution is -2.34. The van der Waals surface area contributed by atoms with Gasteiger partial charge in [0.05, 0.1) is 13.2 Å². The number of rotatable bonds is 7. The van der Waals surface area contributed by atoms with Gasteiger partial charge in [0.25, 0.3) is 0 Å². The summed E-state index contributed by atoms with van der Waals surface area (Å²) in [5.74, 6) is -0.617. The Hall–Kier alpha value is -1.66. The van der Waals surface area contributed by atoms with Crippen LogP contribution in [0.3, 0.4) is 0 Å². The SMILES string of the molecule is C=C(C)C(=O)OCC(OC(=O)C(=C)C)C1CCCCC1.OCCO. The Bertz CT molecular complexity index is 421. The van der Waals surface area contributed by atoms with Crippen LogP contribution < -0.4 is 0 Å². The van der Waals surface area contributed by atoms with Crippen molar-refractivity contribution in [3.8, 4) is 0 Å². The zero-order valence-electron chi connectivity index (χ0n) is 14.8. The van der Waals surface area contributed by atoms with Gasteiger partial charge < -0.3 is 19.7 Å². The molecule has 1 unspecified atom stereocenters. The Morgan fingerprint density at radius 1 is 1.00 bits per heavy atom. The molecule has 1 saturated carbocycles. The van der Waals surface area contributed by atoms with Gasteiger partial charge in [-0.2, -0.15) is 0 Å². The monoisotopic (exact) mass is 342 g/mol. The highest BCUT2D eigenvalue weighted by Crippen LogP contribution is 2.28. The molecule has 0 aliphatic heterocycles. The van der Waals surface area contributed by atoms with Crippen molar-refractivity contribution in [3.63, 3.8) is 0 Å². The van der Waals surface area contributed by atoms with E-state index < -0.39 is 11.9 Å². The van der Waals surface area contributed by atoms with E-state index in [1.165, 1.54) is 6.42 Å². The zero-order valence-corrected chi connectivity index (χ0v) is 14.8. The number of aliphatic hydroxyl groups is 2. The van der Waals surface area contributed by atoms with Gasteiger partial charge in [0.2, 0.25) is 0 Å². The van der Waals surface area contributed by atoms with Crippen molar-refractivity contribution < 1.29 is 29.3 Å². The van der Waals surface area contributed by atoms with Crippen LogP contribution in [0.5, 0.6) is 0 Å². The van der Waals surface area contributed by atoms with E-state index in [0.717, 1.165) is 25.7 Å². The minimum atomic E-state index is -0.447. The minimum Gasteiger partial charge on any atom is -0.458 e. The molecule has 1 atom stereocenters. The molecule has 138 valence electrons. The first-order valence-corrected chi connectivity index (χ1v) is 8.24. The summed E-state index contributed by atoms with van der Waals surface area (Å²) in [5, 5.41) is 15.2. The Labute approximate surface area is 144 Å². The van der Waals surface area contributed by atoms with Crippen LogP contribution in [0.25, 0.3) is 0 Å². The molecule has 6 heteroatoms. The largest absolute Gasteiger partial charge is 0.458 e. The average Bonchev–Trinajstić information content (AvgIpc) is 2.58. The van der Waals surface area contributed by atoms with E-state index in [0.29, 0.717) is 11.1 Å². The molecule has 0 spiro atoms. The van der Waals surface area contributed by atoms with Crippen molar-refractivity contribution >= 4 is 11.9 Å². The molecule has 24 heavy (non-hydrogen) atoms. The van der Waals surface area contributed by atoms with Crippen molar-refractivity contribution in [3.05, 3.63) is 24.3 Å². The second-order valence-electron chi connectivity index (χ2n) is 5.95. The van der Waals surface area contributed by atoms with E-state index in [9.17, 15) is 9.59 Å². The molecular weight excluding hydrogens is 312 g/mol. The Kier molecular flexibility index (Phi) is 11.8. The molecule has 2 N–H and O–H groups in total. The summed E-state index contributed by atoms with van der Waals surface area (Å²) >= 11 is 0. The number of hydrogen-bond donors (Lipinski definition) is 2. The Morgan fingerprint density at radius 2 is 1.50 bits per heavy atom. The quantitative estimate of drug-likeness (QED) is 0.544. The summed E-state index contributed by atoms with van der Waals surface area (Å²) in [4.78, 5) is 23.2. The lowest BCUT2D eigenvalue weighted by Gasteiger charge is -2.29. The molecular formula is C18H30O6. The highest BCUT2D eigenvalue weighted by Gasteiger charge is 2.28. The maximum atomic E-state index is 11.7.